The van der Waals surface area contributed by atoms with Gasteiger partial charge in [-0.05, 0) is 31.5 Å². The van der Waals surface area contributed by atoms with Gasteiger partial charge in [0.15, 0.2) is 5.69 Å². The fourth-order valence-corrected chi connectivity index (χ4v) is 3.56. The molecule has 0 aliphatic carbocycles. The molecule has 0 fully saturated rings. The first-order valence-corrected chi connectivity index (χ1v) is 9.03. The number of rotatable bonds is 6. The first-order valence-electron chi connectivity index (χ1n) is 8.04. The largest absolute Gasteiger partial charge is 0.497 e. The Balaban J connectivity index is 1.72. The molecule has 9 heteroatoms. The number of thioether (sulfide) groups is 1. The minimum absolute atomic E-state index is 0.0899. The van der Waals surface area contributed by atoms with Gasteiger partial charge in [0.25, 0.3) is 0 Å². The Kier molecular flexibility index (Phi) is 5.17. The minimum Gasteiger partial charge on any atom is -0.497 e. The van der Waals surface area contributed by atoms with Crippen LogP contribution in [0.1, 0.15) is 42.0 Å². The normalized spacial score (nSPS) is 15.4. The van der Waals surface area contributed by atoms with Crippen LogP contribution < -0.4 is 4.74 Å². The Morgan fingerprint density at radius 3 is 2.69 bits per heavy atom. The molecule has 2 aromatic rings. The Bertz CT molecular complexity index is 830. The minimum atomic E-state index is -1.05. The molecule has 0 bridgehead atoms. The zero-order valence-corrected chi connectivity index (χ0v) is 15.6. The second kappa shape index (κ2) is 7.36. The third kappa shape index (κ3) is 4.16. The summed E-state index contributed by atoms with van der Waals surface area (Å²) in [6, 6.07) is 7.38. The Morgan fingerprint density at radius 2 is 2.12 bits per heavy atom. The van der Waals surface area contributed by atoms with Gasteiger partial charge in [0.1, 0.15) is 22.1 Å². The zero-order valence-electron chi connectivity index (χ0n) is 14.8. The van der Waals surface area contributed by atoms with Gasteiger partial charge in [-0.3, -0.25) is 0 Å². The molecule has 1 aromatic heterocycles. The summed E-state index contributed by atoms with van der Waals surface area (Å²) in [6.07, 6.45) is 0.695. The van der Waals surface area contributed by atoms with E-state index in [4.69, 9.17) is 9.57 Å². The van der Waals surface area contributed by atoms with Crippen molar-refractivity contribution in [2.24, 2.45) is 5.16 Å². The fraction of sp³-hybridized carbons (Fsp3) is 0.412. The molecule has 26 heavy (non-hydrogen) atoms. The molecule has 0 radical (unpaired) electrons. The summed E-state index contributed by atoms with van der Waals surface area (Å²) in [4.78, 5) is 17.0. The maximum Gasteiger partial charge on any atom is 0.356 e. The topological polar surface area (TPSA) is 98.8 Å². The van der Waals surface area contributed by atoms with Crippen molar-refractivity contribution in [1.29, 1.82) is 0 Å². The van der Waals surface area contributed by atoms with Crippen LogP contribution >= 0.6 is 11.8 Å². The average Bonchev–Trinajstić information content (AvgIpc) is 3.16. The Labute approximate surface area is 155 Å². The molecular formula is C17H20N4O4S. The van der Waals surface area contributed by atoms with E-state index in [-0.39, 0.29) is 11.3 Å². The quantitative estimate of drug-likeness (QED) is 0.827. The third-order valence-corrected chi connectivity index (χ3v) is 4.82. The van der Waals surface area contributed by atoms with E-state index in [9.17, 15) is 9.90 Å². The molecule has 1 aliphatic rings. The van der Waals surface area contributed by atoms with E-state index in [2.05, 4.69) is 15.5 Å². The van der Waals surface area contributed by atoms with Crippen LogP contribution in [-0.2, 0) is 17.1 Å². The van der Waals surface area contributed by atoms with Crippen molar-refractivity contribution < 1.29 is 19.5 Å². The summed E-state index contributed by atoms with van der Waals surface area (Å²) in [6.45, 7) is 4.23. The molecule has 1 aromatic carbocycles. The van der Waals surface area contributed by atoms with Crippen LogP contribution in [0.25, 0.3) is 0 Å². The van der Waals surface area contributed by atoms with Gasteiger partial charge in [0, 0.05) is 12.2 Å². The van der Waals surface area contributed by atoms with Crippen LogP contribution in [-0.4, -0.2) is 43.8 Å². The van der Waals surface area contributed by atoms with Gasteiger partial charge in [0.05, 0.1) is 13.7 Å². The van der Waals surface area contributed by atoms with Gasteiger partial charge in [0.2, 0.25) is 0 Å². The van der Waals surface area contributed by atoms with Crippen LogP contribution in [0.4, 0.5) is 0 Å². The number of carbonyl (C=O) groups is 1. The van der Waals surface area contributed by atoms with Crippen LogP contribution in [0.2, 0.25) is 0 Å². The number of hydrogen-bond donors (Lipinski definition) is 1. The van der Waals surface area contributed by atoms with Crippen LogP contribution in [0.5, 0.6) is 5.75 Å². The van der Waals surface area contributed by atoms with E-state index in [1.807, 2.05) is 38.1 Å². The van der Waals surface area contributed by atoms with Crippen LogP contribution in [0, 0.1) is 0 Å². The van der Waals surface area contributed by atoms with Gasteiger partial charge < -0.3 is 14.7 Å². The predicted molar refractivity (Wildman–Crippen MR) is 97.6 cm³/mol. The Hall–Kier alpha value is -2.55. The average molecular weight is 376 g/mol. The third-order valence-electron chi connectivity index (χ3n) is 3.85. The van der Waals surface area contributed by atoms with E-state index in [0.29, 0.717) is 24.4 Å². The lowest BCUT2D eigenvalue weighted by molar-refractivity contribution is 0.0123. The summed E-state index contributed by atoms with van der Waals surface area (Å²) < 4.78 is 6.53. The monoisotopic (exact) mass is 376 g/mol. The molecule has 2 heterocycles. The molecule has 3 rings (SSSR count). The summed E-state index contributed by atoms with van der Waals surface area (Å²) in [5.41, 5.74) is 1.10. The highest BCUT2D eigenvalue weighted by molar-refractivity contribution is 8.13. The first-order chi connectivity index (χ1) is 12.4. The van der Waals surface area contributed by atoms with Crippen LogP contribution in [0.3, 0.4) is 0 Å². The molecule has 0 saturated heterocycles. The summed E-state index contributed by atoms with van der Waals surface area (Å²) >= 11 is 1.42. The molecular weight excluding hydrogens is 356 g/mol. The molecule has 8 nitrogen and oxygen atoms in total. The Morgan fingerprint density at radius 1 is 1.38 bits per heavy atom. The predicted octanol–water partition coefficient (Wildman–Crippen LogP) is 2.78. The van der Waals surface area contributed by atoms with Crippen molar-refractivity contribution in [2.45, 2.75) is 38.2 Å². The highest BCUT2D eigenvalue weighted by atomic mass is 32.2. The van der Waals surface area contributed by atoms with E-state index < -0.39 is 5.97 Å². The van der Waals surface area contributed by atoms with E-state index >= 15 is 0 Å². The summed E-state index contributed by atoms with van der Waals surface area (Å²) in [7, 11) is 1.60. The highest BCUT2D eigenvalue weighted by Crippen LogP contribution is 2.29. The standard InChI is InChI=1S/C17H20N4O4S/c1-17(2)8-14(19-25-17)26-10-13-15(16(22)23)21(20-18-13)9-11-4-6-12(24-3)7-5-11/h4-7H,8-10H2,1-3H3,(H,22,23). The number of hydrogen-bond acceptors (Lipinski definition) is 7. The number of aromatic nitrogens is 3. The molecule has 1 N–H and O–H groups in total. The number of aromatic carboxylic acids is 1. The molecule has 0 unspecified atom stereocenters. The number of benzene rings is 1. The van der Waals surface area contributed by atoms with Gasteiger partial charge in [-0.1, -0.05) is 22.5 Å². The zero-order chi connectivity index (χ0) is 18.7. The second-order valence-electron chi connectivity index (χ2n) is 6.50. The molecule has 138 valence electrons. The fourth-order valence-electron chi connectivity index (χ4n) is 2.53. The lowest BCUT2D eigenvalue weighted by atomic mass is 10.1. The van der Waals surface area contributed by atoms with E-state index in [1.165, 1.54) is 16.4 Å². The summed E-state index contributed by atoms with van der Waals surface area (Å²) in [5, 5.41) is 22.5. The lowest BCUT2D eigenvalue weighted by Gasteiger charge is -2.12. The van der Waals surface area contributed by atoms with Gasteiger partial charge >= 0.3 is 5.97 Å². The van der Waals surface area contributed by atoms with E-state index in [1.54, 1.807) is 7.11 Å². The molecule has 0 saturated carbocycles. The number of carboxylic acids is 1. The first kappa shape index (κ1) is 18.2. The second-order valence-corrected chi connectivity index (χ2v) is 7.55. The smallest absolute Gasteiger partial charge is 0.356 e. The van der Waals surface area contributed by atoms with Crippen molar-refractivity contribution in [3.05, 3.63) is 41.2 Å². The number of nitrogens with zero attached hydrogens (tertiary/aromatic N) is 4. The maximum atomic E-state index is 11.7. The van der Waals surface area contributed by atoms with Gasteiger partial charge in [-0.15, -0.1) is 16.9 Å². The van der Waals surface area contributed by atoms with Gasteiger partial charge in [-0.2, -0.15) is 0 Å². The van der Waals surface area contributed by atoms with Crippen molar-refractivity contribution in [2.75, 3.05) is 7.11 Å². The van der Waals surface area contributed by atoms with Crippen molar-refractivity contribution in [1.82, 2.24) is 15.0 Å². The molecule has 0 atom stereocenters. The van der Waals surface area contributed by atoms with Crippen molar-refractivity contribution in [3.63, 3.8) is 0 Å². The maximum absolute atomic E-state index is 11.7. The van der Waals surface area contributed by atoms with Crippen molar-refractivity contribution in [3.8, 4) is 5.75 Å². The number of carboxylic acid groups (broad SMARTS) is 1. The SMILES string of the molecule is COc1ccc(Cn2nnc(CSC3=NOC(C)(C)C3)c2C(=O)O)cc1. The van der Waals surface area contributed by atoms with Gasteiger partial charge in [-0.25, -0.2) is 9.48 Å². The number of methoxy groups -OCH3 is 1. The lowest BCUT2D eigenvalue weighted by Crippen LogP contribution is -2.18. The molecule has 1 aliphatic heterocycles. The highest BCUT2D eigenvalue weighted by Gasteiger charge is 2.30. The molecule has 0 spiro atoms. The van der Waals surface area contributed by atoms with E-state index in [0.717, 1.165) is 16.4 Å². The van der Waals surface area contributed by atoms with Crippen LogP contribution in [0.15, 0.2) is 29.4 Å². The summed E-state index contributed by atoms with van der Waals surface area (Å²) in [5.74, 6) is 0.0668. The number of oxime groups is 1. The van der Waals surface area contributed by atoms with Crippen molar-refractivity contribution >= 4 is 22.8 Å². The molecule has 0 amide bonds. The number of ether oxygens (including phenoxy) is 1.